The second kappa shape index (κ2) is 7.82. The predicted octanol–water partition coefficient (Wildman–Crippen LogP) is 3.39. The Bertz CT molecular complexity index is 826. The van der Waals surface area contributed by atoms with Crippen LogP contribution < -0.4 is 10.6 Å². The molecule has 0 aliphatic heterocycles. The van der Waals surface area contributed by atoms with Gasteiger partial charge < -0.3 is 15.4 Å². The minimum absolute atomic E-state index is 0.377. The van der Waals surface area contributed by atoms with Crippen molar-refractivity contribution >= 4 is 29.2 Å². The number of nitrogens with one attached hydrogen (secondary N) is 2. The lowest BCUT2D eigenvalue weighted by atomic mass is 9.90. The Morgan fingerprint density at radius 2 is 1.46 bits per heavy atom. The number of methoxy groups -OCH3 is 1. The normalized spacial score (nSPS) is 10.8. The molecule has 0 bridgehead atoms. The minimum Gasteiger partial charge on any atom is -0.465 e. The van der Waals surface area contributed by atoms with E-state index in [0.29, 0.717) is 16.9 Å². The number of anilines is 2. The molecule has 0 radical (unpaired) electrons. The van der Waals surface area contributed by atoms with Crippen LogP contribution in [0.15, 0.2) is 48.5 Å². The van der Waals surface area contributed by atoms with Crippen molar-refractivity contribution in [2.45, 2.75) is 20.8 Å². The summed E-state index contributed by atoms with van der Waals surface area (Å²) in [6, 6.07) is 13.6. The standard InChI is InChI=1S/C20H22N2O4/c1-13-6-5-7-16(12-13)22-19(25)20(2,3)18(24)21-15-10-8-14(9-11-15)17(23)26-4/h5-12H,1-4H3,(H,21,24)(H,22,25). The first-order valence-electron chi connectivity index (χ1n) is 8.12. The molecule has 2 aromatic carbocycles. The molecule has 0 aromatic heterocycles. The number of aryl methyl sites for hydroxylation is 1. The number of carbonyl (C=O) groups is 3. The highest BCUT2D eigenvalue weighted by Crippen LogP contribution is 2.22. The maximum atomic E-state index is 12.5. The van der Waals surface area contributed by atoms with Crippen molar-refractivity contribution in [2.75, 3.05) is 17.7 Å². The van der Waals surface area contributed by atoms with E-state index in [4.69, 9.17) is 0 Å². The SMILES string of the molecule is COC(=O)c1ccc(NC(=O)C(C)(C)C(=O)Nc2cccc(C)c2)cc1. The van der Waals surface area contributed by atoms with Gasteiger partial charge in [0.1, 0.15) is 5.41 Å². The van der Waals surface area contributed by atoms with E-state index in [2.05, 4.69) is 15.4 Å². The van der Waals surface area contributed by atoms with Crippen molar-refractivity contribution in [3.05, 3.63) is 59.7 Å². The molecule has 2 aromatic rings. The van der Waals surface area contributed by atoms with Gasteiger partial charge >= 0.3 is 5.97 Å². The molecule has 6 heteroatoms. The van der Waals surface area contributed by atoms with Crippen molar-refractivity contribution in [3.63, 3.8) is 0 Å². The Hall–Kier alpha value is -3.15. The molecular weight excluding hydrogens is 332 g/mol. The lowest BCUT2D eigenvalue weighted by Crippen LogP contribution is -2.41. The fourth-order valence-corrected chi connectivity index (χ4v) is 2.21. The first kappa shape index (κ1) is 19.2. The van der Waals surface area contributed by atoms with E-state index in [-0.39, 0.29) is 0 Å². The van der Waals surface area contributed by atoms with E-state index in [1.54, 1.807) is 44.2 Å². The van der Waals surface area contributed by atoms with Gasteiger partial charge in [-0.2, -0.15) is 0 Å². The van der Waals surface area contributed by atoms with Crippen molar-refractivity contribution in [1.29, 1.82) is 0 Å². The molecule has 0 spiro atoms. The summed E-state index contributed by atoms with van der Waals surface area (Å²) >= 11 is 0. The smallest absolute Gasteiger partial charge is 0.337 e. The highest BCUT2D eigenvalue weighted by molar-refractivity contribution is 6.14. The van der Waals surface area contributed by atoms with Crippen LogP contribution in [0.5, 0.6) is 0 Å². The fourth-order valence-electron chi connectivity index (χ4n) is 2.21. The summed E-state index contributed by atoms with van der Waals surface area (Å²) in [4.78, 5) is 36.5. The predicted molar refractivity (Wildman–Crippen MR) is 100 cm³/mol. The lowest BCUT2D eigenvalue weighted by Gasteiger charge is -2.23. The zero-order valence-corrected chi connectivity index (χ0v) is 15.3. The van der Waals surface area contributed by atoms with Crippen LogP contribution in [0.25, 0.3) is 0 Å². The van der Waals surface area contributed by atoms with Crippen LogP contribution in [-0.2, 0) is 14.3 Å². The Morgan fingerprint density at radius 3 is 2.00 bits per heavy atom. The molecule has 0 saturated carbocycles. The van der Waals surface area contributed by atoms with Crippen molar-refractivity contribution in [1.82, 2.24) is 0 Å². The Labute approximate surface area is 152 Å². The maximum Gasteiger partial charge on any atom is 0.337 e. The van der Waals surface area contributed by atoms with Gasteiger partial charge in [-0.15, -0.1) is 0 Å². The second-order valence-electron chi connectivity index (χ2n) is 6.47. The zero-order chi connectivity index (χ0) is 19.3. The highest BCUT2D eigenvalue weighted by atomic mass is 16.5. The second-order valence-corrected chi connectivity index (χ2v) is 6.47. The number of ether oxygens (including phenoxy) is 1. The first-order valence-corrected chi connectivity index (χ1v) is 8.12. The van der Waals surface area contributed by atoms with Crippen LogP contribution in [0.3, 0.4) is 0 Å². The number of amides is 2. The average Bonchev–Trinajstić information content (AvgIpc) is 2.61. The third-order valence-electron chi connectivity index (χ3n) is 3.98. The molecule has 0 aliphatic rings. The summed E-state index contributed by atoms with van der Waals surface area (Å²) in [5.41, 5.74) is 1.22. The highest BCUT2D eigenvalue weighted by Gasteiger charge is 2.36. The zero-order valence-electron chi connectivity index (χ0n) is 15.3. The summed E-state index contributed by atoms with van der Waals surface area (Å²) < 4.78 is 4.63. The van der Waals surface area contributed by atoms with Crippen LogP contribution in [0.1, 0.15) is 29.8 Å². The van der Waals surface area contributed by atoms with Gasteiger partial charge in [0.25, 0.3) is 0 Å². The van der Waals surface area contributed by atoms with E-state index in [0.717, 1.165) is 5.56 Å². The summed E-state index contributed by atoms with van der Waals surface area (Å²) in [7, 11) is 1.30. The lowest BCUT2D eigenvalue weighted by molar-refractivity contribution is -0.135. The van der Waals surface area contributed by atoms with E-state index in [1.807, 2.05) is 25.1 Å². The number of benzene rings is 2. The molecule has 0 heterocycles. The molecule has 2 N–H and O–H groups in total. The number of hydrogen-bond acceptors (Lipinski definition) is 4. The third kappa shape index (κ3) is 4.47. The number of rotatable bonds is 5. The largest absolute Gasteiger partial charge is 0.465 e. The van der Waals surface area contributed by atoms with E-state index >= 15 is 0 Å². The van der Waals surface area contributed by atoms with Crippen molar-refractivity contribution in [3.8, 4) is 0 Å². The molecule has 26 heavy (non-hydrogen) atoms. The van der Waals surface area contributed by atoms with Gasteiger partial charge in [-0.05, 0) is 62.7 Å². The molecule has 136 valence electrons. The fraction of sp³-hybridized carbons (Fsp3) is 0.250. The molecule has 0 saturated heterocycles. The Morgan fingerprint density at radius 1 is 0.885 bits per heavy atom. The van der Waals surface area contributed by atoms with Gasteiger partial charge in [0.2, 0.25) is 11.8 Å². The number of esters is 1. The monoisotopic (exact) mass is 354 g/mol. The van der Waals surface area contributed by atoms with Crippen molar-refractivity contribution < 1.29 is 19.1 Å². The molecular formula is C20H22N2O4. The number of carbonyl (C=O) groups excluding carboxylic acids is 3. The summed E-state index contributed by atoms with van der Waals surface area (Å²) in [6.45, 7) is 5.03. The molecule has 2 amide bonds. The van der Waals surface area contributed by atoms with E-state index in [1.165, 1.54) is 7.11 Å². The van der Waals surface area contributed by atoms with Crippen LogP contribution in [0, 0.1) is 12.3 Å². The minimum atomic E-state index is -1.29. The molecule has 0 atom stereocenters. The molecule has 0 unspecified atom stereocenters. The van der Waals surface area contributed by atoms with Crippen LogP contribution in [0.4, 0.5) is 11.4 Å². The van der Waals surface area contributed by atoms with E-state index in [9.17, 15) is 14.4 Å². The number of hydrogen-bond donors (Lipinski definition) is 2. The quantitative estimate of drug-likeness (QED) is 0.637. The topological polar surface area (TPSA) is 84.5 Å². The Kier molecular flexibility index (Phi) is 5.77. The van der Waals surface area contributed by atoms with Gasteiger partial charge in [-0.1, -0.05) is 12.1 Å². The van der Waals surface area contributed by atoms with E-state index < -0.39 is 23.2 Å². The first-order chi connectivity index (χ1) is 12.2. The van der Waals surface area contributed by atoms with Gasteiger partial charge in [-0.25, -0.2) is 4.79 Å². The summed E-state index contributed by atoms with van der Waals surface area (Å²) in [5, 5.41) is 5.45. The maximum absolute atomic E-state index is 12.5. The molecule has 2 rings (SSSR count). The van der Waals surface area contributed by atoms with Gasteiger partial charge in [0.05, 0.1) is 12.7 Å². The molecule has 0 aliphatic carbocycles. The summed E-state index contributed by atoms with van der Waals surface area (Å²) in [6.07, 6.45) is 0. The van der Waals surface area contributed by atoms with Gasteiger partial charge in [0, 0.05) is 11.4 Å². The molecule has 6 nitrogen and oxygen atoms in total. The van der Waals surface area contributed by atoms with Crippen molar-refractivity contribution in [2.24, 2.45) is 5.41 Å². The van der Waals surface area contributed by atoms with Gasteiger partial charge in [-0.3, -0.25) is 9.59 Å². The molecule has 0 fully saturated rings. The average molecular weight is 354 g/mol. The van der Waals surface area contributed by atoms with Crippen LogP contribution in [0.2, 0.25) is 0 Å². The Balaban J connectivity index is 2.06. The summed E-state index contributed by atoms with van der Waals surface area (Å²) in [5.74, 6) is -1.32. The van der Waals surface area contributed by atoms with Crippen LogP contribution in [-0.4, -0.2) is 24.9 Å². The van der Waals surface area contributed by atoms with Gasteiger partial charge in [0.15, 0.2) is 0 Å². The van der Waals surface area contributed by atoms with Crippen LogP contribution >= 0.6 is 0 Å². The third-order valence-corrected chi connectivity index (χ3v) is 3.98.